The Morgan fingerprint density at radius 3 is 2.46 bits per heavy atom. The first kappa shape index (κ1) is 20.9. The average Bonchev–Trinajstić information content (AvgIpc) is 2.66. The van der Waals surface area contributed by atoms with Crippen molar-refractivity contribution in [3.05, 3.63) is 47.5 Å². The largest absolute Gasteiger partial charge is 0.497 e. The lowest BCUT2D eigenvalue weighted by Crippen LogP contribution is -2.19. The number of hydrogen-bond acceptors (Lipinski definition) is 5. The van der Waals surface area contributed by atoms with Crippen LogP contribution in [0.1, 0.15) is 11.1 Å². The lowest BCUT2D eigenvalue weighted by atomic mass is 10.1. The first-order chi connectivity index (χ1) is 13.3. The van der Waals surface area contributed by atoms with Gasteiger partial charge in [0.05, 0.1) is 26.2 Å². The molecule has 0 unspecified atom stereocenters. The highest BCUT2D eigenvalue weighted by atomic mass is 19.4. The van der Waals surface area contributed by atoms with Crippen LogP contribution in [0.2, 0.25) is 0 Å². The minimum atomic E-state index is -4.52. The molecule has 0 bridgehead atoms. The number of rotatable bonds is 7. The summed E-state index contributed by atoms with van der Waals surface area (Å²) in [4.78, 5) is 12.3. The normalized spacial score (nSPS) is 10.7. The number of hydrogen-bond donors (Lipinski definition) is 1. The molecule has 28 heavy (non-hydrogen) atoms. The lowest BCUT2D eigenvalue weighted by Gasteiger charge is -2.13. The molecule has 0 aliphatic carbocycles. The number of anilines is 1. The van der Waals surface area contributed by atoms with Crippen molar-refractivity contribution in [2.75, 3.05) is 26.1 Å². The van der Waals surface area contributed by atoms with E-state index in [0.717, 1.165) is 0 Å². The third kappa shape index (κ3) is 5.81. The van der Waals surface area contributed by atoms with Gasteiger partial charge in [-0.3, -0.25) is 4.79 Å². The summed E-state index contributed by atoms with van der Waals surface area (Å²) < 4.78 is 51.7. The Morgan fingerprint density at radius 2 is 1.86 bits per heavy atom. The van der Waals surface area contributed by atoms with Gasteiger partial charge in [-0.05, 0) is 24.3 Å². The summed E-state index contributed by atoms with van der Waals surface area (Å²) in [6, 6.07) is 10.6. The fraction of sp³-hybridized carbons (Fsp3) is 0.263. The predicted molar refractivity (Wildman–Crippen MR) is 94.6 cm³/mol. The van der Waals surface area contributed by atoms with E-state index in [9.17, 15) is 18.0 Å². The maximum atomic E-state index is 12.3. The Labute approximate surface area is 159 Å². The molecule has 2 aromatic rings. The number of amides is 1. The van der Waals surface area contributed by atoms with Gasteiger partial charge in [0, 0.05) is 17.3 Å². The SMILES string of the molecule is COc1ccc(CC(=O)Nc2ccc(OCC(F)(F)F)c(C#N)c2)c(OC)c1. The number of alkyl halides is 3. The van der Waals surface area contributed by atoms with Gasteiger partial charge in [0.1, 0.15) is 23.3 Å². The summed E-state index contributed by atoms with van der Waals surface area (Å²) in [7, 11) is 2.98. The van der Waals surface area contributed by atoms with Gasteiger partial charge in [0.15, 0.2) is 6.61 Å². The Morgan fingerprint density at radius 1 is 1.11 bits per heavy atom. The molecule has 2 aromatic carbocycles. The Balaban J connectivity index is 2.09. The van der Waals surface area contributed by atoms with Gasteiger partial charge in [0.2, 0.25) is 5.91 Å². The summed E-state index contributed by atoms with van der Waals surface area (Å²) in [6.07, 6.45) is -4.53. The van der Waals surface area contributed by atoms with E-state index in [0.29, 0.717) is 17.1 Å². The van der Waals surface area contributed by atoms with Crippen LogP contribution in [0.5, 0.6) is 17.2 Å². The standard InChI is InChI=1S/C19H17F3N2O4/c1-26-15-5-3-12(17(9-15)27-2)8-18(25)24-14-4-6-16(13(7-14)10-23)28-11-19(20,21)22/h3-7,9H,8,11H2,1-2H3,(H,24,25). The zero-order valence-corrected chi connectivity index (χ0v) is 15.1. The van der Waals surface area contributed by atoms with E-state index in [-0.39, 0.29) is 23.4 Å². The summed E-state index contributed by atoms with van der Waals surface area (Å²) in [5.74, 6) is 0.447. The topological polar surface area (TPSA) is 80.6 Å². The van der Waals surface area contributed by atoms with Gasteiger partial charge < -0.3 is 19.5 Å². The van der Waals surface area contributed by atoms with Gasteiger partial charge in [-0.1, -0.05) is 6.07 Å². The van der Waals surface area contributed by atoms with E-state index >= 15 is 0 Å². The Bertz CT molecular complexity index is 892. The molecule has 0 saturated heterocycles. The summed E-state index contributed by atoms with van der Waals surface area (Å²) in [5, 5.41) is 11.7. The van der Waals surface area contributed by atoms with Gasteiger partial charge in [-0.15, -0.1) is 0 Å². The molecule has 1 N–H and O–H groups in total. The maximum Gasteiger partial charge on any atom is 0.422 e. The zero-order valence-electron chi connectivity index (χ0n) is 15.1. The molecule has 0 radical (unpaired) electrons. The molecule has 148 valence electrons. The van der Waals surface area contributed by atoms with E-state index < -0.39 is 18.7 Å². The minimum Gasteiger partial charge on any atom is -0.497 e. The van der Waals surface area contributed by atoms with Crippen LogP contribution in [0.4, 0.5) is 18.9 Å². The van der Waals surface area contributed by atoms with Crippen molar-refractivity contribution in [3.8, 4) is 23.3 Å². The first-order valence-electron chi connectivity index (χ1n) is 8.00. The Hall–Kier alpha value is -3.41. The molecule has 0 aliphatic heterocycles. The Kier molecular flexibility index (Phi) is 6.71. The van der Waals surface area contributed by atoms with Crippen LogP contribution in [-0.4, -0.2) is 32.9 Å². The van der Waals surface area contributed by atoms with E-state index in [1.807, 2.05) is 0 Å². The van der Waals surface area contributed by atoms with Gasteiger partial charge in [-0.2, -0.15) is 18.4 Å². The van der Waals surface area contributed by atoms with Crippen molar-refractivity contribution in [2.24, 2.45) is 0 Å². The molecular formula is C19H17F3N2O4. The van der Waals surface area contributed by atoms with Crippen LogP contribution in [-0.2, 0) is 11.2 Å². The predicted octanol–water partition coefficient (Wildman–Crippen LogP) is 3.70. The molecule has 1 amide bonds. The van der Waals surface area contributed by atoms with E-state index in [4.69, 9.17) is 14.7 Å². The average molecular weight is 394 g/mol. The molecule has 0 aromatic heterocycles. The van der Waals surface area contributed by atoms with Crippen molar-refractivity contribution in [1.82, 2.24) is 0 Å². The summed E-state index contributed by atoms with van der Waals surface area (Å²) in [6.45, 7) is -1.51. The van der Waals surface area contributed by atoms with Gasteiger partial charge in [0.25, 0.3) is 0 Å². The number of nitrogens with zero attached hydrogens (tertiary/aromatic N) is 1. The molecule has 0 spiro atoms. The minimum absolute atomic E-state index is 0.0125. The second-order valence-corrected chi connectivity index (χ2v) is 5.63. The first-order valence-corrected chi connectivity index (χ1v) is 8.00. The van der Waals surface area contributed by atoms with Crippen LogP contribution < -0.4 is 19.5 Å². The molecule has 2 rings (SSSR count). The van der Waals surface area contributed by atoms with Crippen LogP contribution in [0.25, 0.3) is 0 Å². The highest BCUT2D eigenvalue weighted by Crippen LogP contribution is 2.27. The summed E-state index contributed by atoms with van der Waals surface area (Å²) in [5.41, 5.74) is 0.754. The van der Waals surface area contributed by atoms with Crippen LogP contribution in [0, 0.1) is 11.3 Å². The second kappa shape index (κ2) is 8.99. The number of carbonyl (C=O) groups excluding carboxylic acids is 1. The number of halogens is 3. The van der Waals surface area contributed by atoms with E-state index in [2.05, 4.69) is 10.1 Å². The van der Waals surface area contributed by atoms with Crippen molar-refractivity contribution in [2.45, 2.75) is 12.6 Å². The highest BCUT2D eigenvalue weighted by Gasteiger charge is 2.28. The monoisotopic (exact) mass is 394 g/mol. The molecule has 0 saturated carbocycles. The maximum absolute atomic E-state index is 12.3. The number of nitriles is 1. The smallest absolute Gasteiger partial charge is 0.422 e. The van der Waals surface area contributed by atoms with Gasteiger partial charge in [-0.25, -0.2) is 0 Å². The number of methoxy groups -OCH3 is 2. The second-order valence-electron chi connectivity index (χ2n) is 5.63. The third-order valence-electron chi connectivity index (χ3n) is 3.62. The van der Waals surface area contributed by atoms with Crippen molar-refractivity contribution >= 4 is 11.6 Å². The third-order valence-corrected chi connectivity index (χ3v) is 3.62. The van der Waals surface area contributed by atoms with Crippen LogP contribution in [0.15, 0.2) is 36.4 Å². The molecule has 0 heterocycles. The fourth-order valence-electron chi connectivity index (χ4n) is 2.36. The van der Waals surface area contributed by atoms with Crippen molar-refractivity contribution in [1.29, 1.82) is 5.26 Å². The van der Waals surface area contributed by atoms with Gasteiger partial charge >= 0.3 is 6.18 Å². The summed E-state index contributed by atoms with van der Waals surface area (Å²) >= 11 is 0. The van der Waals surface area contributed by atoms with E-state index in [1.54, 1.807) is 24.3 Å². The molecular weight excluding hydrogens is 377 g/mol. The number of benzene rings is 2. The quantitative estimate of drug-likeness (QED) is 0.775. The molecule has 0 aliphatic rings. The van der Waals surface area contributed by atoms with E-state index in [1.165, 1.54) is 32.4 Å². The van der Waals surface area contributed by atoms with Crippen molar-refractivity contribution in [3.63, 3.8) is 0 Å². The molecule has 6 nitrogen and oxygen atoms in total. The highest BCUT2D eigenvalue weighted by molar-refractivity contribution is 5.93. The van der Waals surface area contributed by atoms with Crippen molar-refractivity contribution < 1.29 is 32.2 Å². The molecule has 0 fully saturated rings. The number of nitrogens with one attached hydrogen (secondary N) is 1. The molecule has 9 heteroatoms. The molecule has 0 atom stereocenters. The fourth-order valence-corrected chi connectivity index (χ4v) is 2.36. The lowest BCUT2D eigenvalue weighted by molar-refractivity contribution is -0.153. The van der Waals surface area contributed by atoms with Crippen LogP contribution in [0.3, 0.4) is 0 Å². The number of carbonyl (C=O) groups is 1. The number of ether oxygens (including phenoxy) is 3. The zero-order chi connectivity index (χ0) is 20.7. The van der Waals surface area contributed by atoms with Crippen LogP contribution >= 0.6 is 0 Å².